The zero-order chi connectivity index (χ0) is 15.8. The Labute approximate surface area is 133 Å². The summed E-state index contributed by atoms with van der Waals surface area (Å²) in [7, 11) is 0. The minimum absolute atomic E-state index is 0.0717. The van der Waals surface area contributed by atoms with Crippen LogP contribution in [0, 0.1) is 0 Å². The van der Waals surface area contributed by atoms with Crippen LogP contribution in [0.15, 0.2) is 0 Å². The number of carbonyl (C=O) groups excluding carboxylic acids is 2. The highest BCUT2D eigenvalue weighted by Gasteiger charge is 2.27. The number of urea groups is 1. The van der Waals surface area contributed by atoms with E-state index in [1.165, 1.54) is 45.6 Å². The van der Waals surface area contributed by atoms with Crippen molar-refractivity contribution in [1.29, 1.82) is 0 Å². The molecule has 1 atom stereocenters. The summed E-state index contributed by atoms with van der Waals surface area (Å²) in [4.78, 5) is 25.2. The van der Waals surface area contributed by atoms with Crippen molar-refractivity contribution in [2.45, 2.75) is 64.0 Å². The van der Waals surface area contributed by atoms with E-state index in [0.29, 0.717) is 13.1 Å². The predicted octanol–water partition coefficient (Wildman–Crippen LogP) is 1.22. The topological polar surface area (TPSA) is 73.5 Å². The third kappa shape index (κ3) is 5.83. The lowest BCUT2D eigenvalue weighted by Crippen LogP contribution is -2.53. The van der Waals surface area contributed by atoms with Crippen LogP contribution in [0.5, 0.6) is 0 Å². The van der Waals surface area contributed by atoms with Crippen LogP contribution in [0.3, 0.4) is 0 Å². The van der Waals surface area contributed by atoms with Crippen LogP contribution < -0.4 is 16.0 Å². The molecule has 3 amide bonds. The second-order valence-corrected chi connectivity index (χ2v) is 6.51. The molecule has 1 aliphatic carbocycles. The molecule has 1 saturated heterocycles. The number of nitrogens with zero attached hydrogens (tertiary/aromatic N) is 1. The van der Waals surface area contributed by atoms with Crippen LogP contribution in [0.2, 0.25) is 0 Å². The first kappa shape index (κ1) is 17.1. The van der Waals surface area contributed by atoms with E-state index in [1.807, 2.05) is 0 Å². The molecule has 0 aromatic rings. The first-order valence-electron chi connectivity index (χ1n) is 8.68. The lowest BCUT2D eigenvalue weighted by Gasteiger charge is -2.40. The SMILES string of the molecule is CC(=O)NCCNC(=O)N[C@@H]1CCCN(C2CCCCC2)C1. The van der Waals surface area contributed by atoms with Crippen LogP contribution in [-0.4, -0.2) is 55.1 Å². The van der Waals surface area contributed by atoms with Gasteiger partial charge < -0.3 is 16.0 Å². The van der Waals surface area contributed by atoms with Crippen LogP contribution in [0.25, 0.3) is 0 Å². The second-order valence-electron chi connectivity index (χ2n) is 6.51. The number of carbonyl (C=O) groups is 2. The minimum atomic E-state index is -0.124. The number of likely N-dealkylation sites (tertiary alicyclic amines) is 1. The number of rotatable bonds is 5. The lowest BCUT2D eigenvalue weighted by atomic mass is 9.92. The van der Waals surface area contributed by atoms with Gasteiger partial charge in [-0.1, -0.05) is 19.3 Å². The average Bonchev–Trinajstić information content (AvgIpc) is 2.52. The van der Waals surface area contributed by atoms with Gasteiger partial charge in [-0.2, -0.15) is 0 Å². The highest BCUT2D eigenvalue weighted by Crippen LogP contribution is 2.25. The van der Waals surface area contributed by atoms with Crippen molar-refractivity contribution in [2.24, 2.45) is 0 Å². The van der Waals surface area contributed by atoms with Crippen LogP contribution in [0.4, 0.5) is 4.79 Å². The summed E-state index contributed by atoms with van der Waals surface area (Å²) < 4.78 is 0. The summed E-state index contributed by atoms with van der Waals surface area (Å²) in [5.41, 5.74) is 0. The number of piperidine rings is 1. The molecule has 0 spiro atoms. The molecule has 6 nitrogen and oxygen atoms in total. The van der Waals surface area contributed by atoms with Crippen molar-refractivity contribution >= 4 is 11.9 Å². The minimum Gasteiger partial charge on any atom is -0.355 e. The van der Waals surface area contributed by atoms with Crippen molar-refractivity contribution in [3.8, 4) is 0 Å². The van der Waals surface area contributed by atoms with E-state index in [-0.39, 0.29) is 18.0 Å². The summed E-state index contributed by atoms with van der Waals surface area (Å²) in [5.74, 6) is -0.0717. The Kier molecular flexibility index (Phi) is 6.96. The van der Waals surface area contributed by atoms with Crippen LogP contribution in [0.1, 0.15) is 51.9 Å². The first-order valence-corrected chi connectivity index (χ1v) is 8.68. The Bertz CT molecular complexity index is 369. The molecule has 6 heteroatoms. The van der Waals surface area contributed by atoms with Gasteiger partial charge in [0.1, 0.15) is 0 Å². The number of hydrogen-bond acceptors (Lipinski definition) is 3. The van der Waals surface area contributed by atoms with Gasteiger partial charge in [0.05, 0.1) is 0 Å². The van der Waals surface area contributed by atoms with E-state index in [4.69, 9.17) is 0 Å². The van der Waals surface area contributed by atoms with Gasteiger partial charge >= 0.3 is 6.03 Å². The quantitative estimate of drug-likeness (QED) is 0.669. The van der Waals surface area contributed by atoms with Gasteiger partial charge in [0.25, 0.3) is 0 Å². The maximum atomic E-state index is 11.9. The van der Waals surface area contributed by atoms with Crippen LogP contribution >= 0.6 is 0 Å². The van der Waals surface area contributed by atoms with Gasteiger partial charge in [-0.05, 0) is 32.2 Å². The zero-order valence-corrected chi connectivity index (χ0v) is 13.7. The second kappa shape index (κ2) is 8.98. The Morgan fingerprint density at radius 3 is 2.45 bits per heavy atom. The highest BCUT2D eigenvalue weighted by molar-refractivity contribution is 5.74. The van der Waals surface area contributed by atoms with E-state index in [0.717, 1.165) is 25.4 Å². The number of nitrogens with one attached hydrogen (secondary N) is 3. The van der Waals surface area contributed by atoms with Crippen molar-refractivity contribution < 1.29 is 9.59 Å². The summed E-state index contributed by atoms with van der Waals surface area (Å²) in [6.45, 7) is 4.56. The summed E-state index contributed by atoms with van der Waals surface area (Å²) in [6, 6.07) is 0.846. The lowest BCUT2D eigenvalue weighted by molar-refractivity contribution is -0.118. The molecule has 3 N–H and O–H groups in total. The standard InChI is InChI=1S/C16H30N4O2/c1-13(21)17-9-10-18-16(22)19-14-6-5-11-20(12-14)15-7-3-2-4-8-15/h14-15H,2-12H2,1H3,(H,17,21)(H2,18,19,22)/t14-/m1/s1. The molecular formula is C16H30N4O2. The summed E-state index contributed by atoms with van der Waals surface area (Å²) in [6.07, 6.45) is 8.93. The van der Waals surface area contributed by atoms with E-state index in [1.54, 1.807) is 0 Å². The smallest absolute Gasteiger partial charge is 0.315 e. The Hall–Kier alpha value is -1.30. The average molecular weight is 310 g/mol. The zero-order valence-electron chi connectivity index (χ0n) is 13.7. The Morgan fingerprint density at radius 2 is 1.73 bits per heavy atom. The third-order valence-corrected chi connectivity index (χ3v) is 4.66. The number of hydrogen-bond donors (Lipinski definition) is 3. The van der Waals surface area contributed by atoms with Gasteiger partial charge in [0.2, 0.25) is 5.91 Å². The van der Waals surface area contributed by atoms with Gasteiger partial charge in [0.15, 0.2) is 0 Å². The largest absolute Gasteiger partial charge is 0.355 e. The molecule has 2 rings (SSSR count). The molecule has 22 heavy (non-hydrogen) atoms. The number of amides is 3. The molecule has 2 fully saturated rings. The molecule has 1 saturated carbocycles. The van der Waals surface area contributed by atoms with Crippen molar-refractivity contribution in [3.05, 3.63) is 0 Å². The predicted molar refractivity (Wildman–Crippen MR) is 86.7 cm³/mol. The molecule has 1 heterocycles. The van der Waals surface area contributed by atoms with Gasteiger partial charge in [0, 0.05) is 38.6 Å². The van der Waals surface area contributed by atoms with E-state index in [9.17, 15) is 9.59 Å². The molecule has 0 unspecified atom stereocenters. The maximum Gasteiger partial charge on any atom is 0.315 e. The summed E-state index contributed by atoms with van der Waals surface area (Å²) >= 11 is 0. The molecule has 0 aromatic heterocycles. The van der Waals surface area contributed by atoms with E-state index in [2.05, 4.69) is 20.9 Å². The van der Waals surface area contributed by atoms with Crippen molar-refractivity contribution in [3.63, 3.8) is 0 Å². The van der Waals surface area contributed by atoms with E-state index < -0.39 is 0 Å². The Morgan fingerprint density at radius 1 is 1.00 bits per heavy atom. The molecule has 1 aliphatic heterocycles. The molecule has 0 bridgehead atoms. The molecular weight excluding hydrogens is 280 g/mol. The van der Waals surface area contributed by atoms with Gasteiger partial charge in [-0.15, -0.1) is 0 Å². The van der Waals surface area contributed by atoms with E-state index >= 15 is 0 Å². The first-order chi connectivity index (χ1) is 10.6. The molecule has 0 aromatic carbocycles. The monoisotopic (exact) mass is 310 g/mol. The van der Waals surface area contributed by atoms with Crippen LogP contribution in [-0.2, 0) is 4.79 Å². The van der Waals surface area contributed by atoms with Crippen molar-refractivity contribution in [2.75, 3.05) is 26.2 Å². The maximum absolute atomic E-state index is 11.9. The fourth-order valence-electron chi connectivity index (χ4n) is 3.55. The van der Waals surface area contributed by atoms with Gasteiger partial charge in [-0.25, -0.2) is 4.79 Å². The summed E-state index contributed by atoms with van der Waals surface area (Å²) in [5, 5.41) is 8.53. The normalized spacial score (nSPS) is 23.8. The third-order valence-electron chi connectivity index (χ3n) is 4.66. The fourth-order valence-corrected chi connectivity index (χ4v) is 3.55. The Balaban J connectivity index is 1.66. The molecule has 2 aliphatic rings. The molecule has 0 radical (unpaired) electrons. The highest BCUT2D eigenvalue weighted by atomic mass is 16.2. The molecule has 126 valence electrons. The van der Waals surface area contributed by atoms with Crippen molar-refractivity contribution in [1.82, 2.24) is 20.9 Å². The van der Waals surface area contributed by atoms with Gasteiger partial charge in [-0.3, -0.25) is 9.69 Å². The fraction of sp³-hybridized carbons (Fsp3) is 0.875.